The number of anilines is 1. The summed E-state index contributed by atoms with van der Waals surface area (Å²) in [6.45, 7) is 1.78. The molecule has 2 heterocycles. The zero-order valence-electron chi connectivity index (χ0n) is 10.4. The Balaban J connectivity index is 1.75. The van der Waals surface area contributed by atoms with E-state index in [2.05, 4.69) is 15.6 Å². The van der Waals surface area contributed by atoms with E-state index in [4.69, 9.17) is 4.74 Å². The fourth-order valence-electron chi connectivity index (χ4n) is 2.12. The van der Waals surface area contributed by atoms with E-state index >= 15 is 0 Å². The Bertz CT molecular complexity index is 594. The molecule has 1 aliphatic rings. The first-order valence-electron chi connectivity index (χ1n) is 6.30. The second kappa shape index (κ2) is 5.34. The number of morpholine rings is 1. The third kappa shape index (κ3) is 2.72. The van der Waals surface area contributed by atoms with Gasteiger partial charge in [-0.3, -0.25) is 9.78 Å². The Hall–Kier alpha value is -1.98. The molecule has 0 radical (unpaired) electrons. The van der Waals surface area contributed by atoms with Gasteiger partial charge < -0.3 is 15.4 Å². The number of ether oxygens (including phenoxy) is 1. The molecule has 19 heavy (non-hydrogen) atoms. The van der Waals surface area contributed by atoms with E-state index in [0.717, 1.165) is 16.6 Å². The van der Waals surface area contributed by atoms with Gasteiger partial charge in [0.1, 0.15) is 6.04 Å². The molecule has 1 aromatic heterocycles. The molecule has 98 valence electrons. The molecule has 2 aromatic rings. The molecular formula is C14H15N3O2. The first kappa shape index (κ1) is 12.1. The van der Waals surface area contributed by atoms with Crippen LogP contribution in [0, 0.1) is 0 Å². The largest absolute Gasteiger partial charge is 0.378 e. The number of nitrogens with zero attached hydrogens (tertiary/aromatic N) is 1. The summed E-state index contributed by atoms with van der Waals surface area (Å²) in [4.78, 5) is 16.3. The minimum absolute atomic E-state index is 0.0667. The number of nitrogens with one attached hydrogen (secondary N) is 2. The van der Waals surface area contributed by atoms with Crippen molar-refractivity contribution in [2.75, 3.05) is 25.1 Å². The van der Waals surface area contributed by atoms with Gasteiger partial charge in [0, 0.05) is 23.8 Å². The van der Waals surface area contributed by atoms with Crippen molar-refractivity contribution in [1.82, 2.24) is 10.3 Å². The van der Waals surface area contributed by atoms with Crippen LogP contribution in [0.2, 0.25) is 0 Å². The molecule has 0 bridgehead atoms. The molecule has 3 rings (SSSR count). The summed E-state index contributed by atoms with van der Waals surface area (Å²) in [7, 11) is 0. The van der Waals surface area contributed by atoms with Gasteiger partial charge in [-0.05, 0) is 24.3 Å². The molecule has 1 atom stereocenters. The van der Waals surface area contributed by atoms with Crippen molar-refractivity contribution in [3.8, 4) is 0 Å². The van der Waals surface area contributed by atoms with E-state index in [9.17, 15) is 4.79 Å². The Kier molecular flexibility index (Phi) is 3.39. The van der Waals surface area contributed by atoms with Crippen LogP contribution < -0.4 is 10.6 Å². The number of pyridine rings is 1. The molecule has 1 amide bonds. The Morgan fingerprint density at radius 1 is 1.42 bits per heavy atom. The van der Waals surface area contributed by atoms with Gasteiger partial charge in [-0.2, -0.15) is 0 Å². The van der Waals surface area contributed by atoms with Gasteiger partial charge in [-0.1, -0.05) is 6.07 Å². The maximum absolute atomic E-state index is 12.0. The number of rotatable bonds is 2. The highest BCUT2D eigenvalue weighted by molar-refractivity contribution is 5.96. The second-order valence-electron chi connectivity index (χ2n) is 4.48. The maximum Gasteiger partial charge on any atom is 0.243 e. The van der Waals surface area contributed by atoms with E-state index < -0.39 is 0 Å². The topological polar surface area (TPSA) is 63.2 Å². The van der Waals surface area contributed by atoms with Crippen molar-refractivity contribution in [2.24, 2.45) is 0 Å². The monoisotopic (exact) mass is 257 g/mol. The van der Waals surface area contributed by atoms with E-state index in [1.807, 2.05) is 30.3 Å². The van der Waals surface area contributed by atoms with Gasteiger partial charge in [-0.25, -0.2) is 0 Å². The number of hydrogen-bond donors (Lipinski definition) is 2. The van der Waals surface area contributed by atoms with E-state index in [0.29, 0.717) is 19.8 Å². The SMILES string of the molecule is O=C(Nc1ccc2ncccc2c1)C1COCCN1. The summed E-state index contributed by atoms with van der Waals surface area (Å²) in [6.07, 6.45) is 1.75. The average molecular weight is 257 g/mol. The molecule has 0 saturated carbocycles. The van der Waals surface area contributed by atoms with Crippen LogP contribution in [0.25, 0.3) is 10.9 Å². The van der Waals surface area contributed by atoms with Crippen molar-refractivity contribution in [3.63, 3.8) is 0 Å². The summed E-state index contributed by atoms with van der Waals surface area (Å²) in [5.41, 5.74) is 1.69. The number of amides is 1. The zero-order chi connectivity index (χ0) is 13.1. The van der Waals surface area contributed by atoms with Crippen molar-refractivity contribution in [1.29, 1.82) is 0 Å². The molecular weight excluding hydrogens is 242 g/mol. The zero-order valence-corrected chi connectivity index (χ0v) is 10.4. The molecule has 1 fully saturated rings. The van der Waals surface area contributed by atoms with Crippen molar-refractivity contribution in [3.05, 3.63) is 36.5 Å². The van der Waals surface area contributed by atoms with Crippen molar-refractivity contribution in [2.45, 2.75) is 6.04 Å². The predicted molar refractivity (Wildman–Crippen MR) is 73.0 cm³/mol. The number of carbonyl (C=O) groups excluding carboxylic acids is 1. The molecule has 5 heteroatoms. The highest BCUT2D eigenvalue weighted by Crippen LogP contribution is 2.17. The summed E-state index contributed by atoms with van der Waals surface area (Å²) < 4.78 is 5.28. The van der Waals surface area contributed by atoms with Gasteiger partial charge in [0.05, 0.1) is 18.7 Å². The molecule has 5 nitrogen and oxygen atoms in total. The number of benzene rings is 1. The number of fused-ring (bicyclic) bond motifs is 1. The van der Waals surface area contributed by atoms with Crippen LogP contribution in [0.4, 0.5) is 5.69 Å². The highest BCUT2D eigenvalue weighted by atomic mass is 16.5. The normalized spacial score (nSPS) is 19.3. The van der Waals surface area contributed by atoms with Gasteiger partial charge >= 0.3 is 0 Å². The average Bonchev–Trinajstić information content (AvgIpc) is 2.48. The van der Waals surface area contributed by atoms with Crippen LogP contribution in [-0.4, -0.2) is 36.7 Å². The van der Waals surface area contributed by atoms with Gasteiger partial charge in [-0.15, -0.1) is 0 Å². The van der Waals surface area contributed by atoms with Crippen LogP contribution in [-0.2, 0) is 9.53 Å². The maximum atomic E-state index is 12.0. The third-order valence-electron chi connectivity index (χ3n) is 3.11. The second-order valence-corrected chi connectivity index (χ2v) is 4.48. The third-order valence-corrected chi connectivity index (χ3v) is 3.11. The van der Waals surface area contributed by atoms with Crippen molar-refractivity contribution >= 4 is 22.5 Å². The first-order chi connectivity index (χ1) is 9.33. The molecule has 1 unspecified atom stereocenters. The highest BCUT2D eigenvalue weighted by Gasteiger charge is 2.21. The lowest BCUT2D eigenvalue weighted by Crippen LogP contribution is -2.48. The molecule has 0 aliphatic carbocycles. The number of aromatic nitrogens is 1. The molecule has 0 spiro atoms. The van der Waals surface area contributed by atoms with Crippen LogP contribution >= 0.6 is 0 Å². The van der Waals surface area contributed by atoms with Crippen LogP contribution in [0.3, 0.4) is 0 Å². The summed E-state index contributed by atoms with van der Waals surface area (Å²) in [6, 6.07) is 9.25. The smallest absolute Gasteiger partial charge is 0.243 e. The summed E-state index contributed by atoms with van der Waals surface area (Å²) in [5.74, 6) is -0.0667. The summed E-state index contributed by atoms with van der Waals surface area (Å²) >= 11 is 0. The van der Waals surface area contributed by atoms with E-state index in [-0.39, 0.29) is 11.9 Å². The lowest BCUT2D eigenvalue weighted by atomic mass is 10.2. The van der Waals surface area contributed by atoms with Crippen LogP contribution in [0.15, 0.2) is 36.5 Å². The Morgan fingerprint density at radius 3 is 3.21 bits per heavy atom. The lowest BCUT2D eigenvalue weighted by molar-refractivity contribution is -0.120. The minimum atomic E-state index is -0.279. The van der Waals surface area contributed by atoms with Crippen LogP contribution in [0.5, 0.6) is 0 Å². The van der Waals surface area contributed by atoms with Gasteiger partial charge in [0.15, 0.2) is 0 Å². The Morgan fingerprint density at radius 2 is 2.37 bits per heavy atom. The quantitative estimate of drug-likeness (QED) is 0.847. The van der Waals surface area contributed by atoms with Gasteiger partial charge in [0.2, 0.25) is 5.91 Å². The fraction of sp³-hybridized carbons (Fsp3) is 0.286. The van der Waals surface area contributed by atoms with E-state index in [1.54, 1.807) is 6.20 Å². The molecule has 2 N–H and O–H groups in total. The Labute approximate surface area is 111 Å². The number of carbonyl (C=O) groups is 1. The standard InChI is InChI=1S/C14H15N3O2/c18-14(13-9-19-7-6-16-13)17-11-3-4-12-10(8-11)2-1-5-15-12/h1-5,8,13,16H,6-7,9H2,(H,17,18). The lowest BCUT2D eigenvalue weighted by Gasteiger charge is -2.22. The molecule has 1 aliphatic heterocycles. The number of hydrogen-bond acceptors (Lipinski definition) is 4. The summed E-state index contributed by atoms with van der Waals surface area (Å²) in [5, 5.41) is 7.03. The molecule has 1 aromatic carbocycles. The van der Waals surface area contributed by atoms with Gasteiger partial charge in [0.25, 0.3) is 0 Å². The first-order valence-corrected chi connectivity index (χ1v) is 6.30. The van der Waals surface area contributed by atoms with Crippen molar-refractivity contribution < 1.29 is 9.53 Å². The molecule has 1 saturated heterocycles. The fourth-order valence-corrected chi connectivity index (χ4v) is 2.12. The predicted octanol–water partition coefficient (Wildman–Crippen LogP) is 1.16. The van der Waals surface area contributed by atoms with E-state index in [1.165, 1.54) is 0 Å². The van der Waals surface area contributed by atoms with Crippen LogP contribution in [0.1, 0.15) is 0 Å². The minimum Gasteiger partial charge on any atom is -0.378 e.